The van der Waals surface area contributed by atoms with Gasteiger partial charge < -0.3 is 4.90 Å². The van der Waals surface area contributed by atoms with Crippen LogP contribution < -0.4 is 4.90 Å². The fraction of sp³-hybridized carbons (Fsp3) is 0.500. The molecule has 0 spiro atoms. The molecule has 3 aliphatic rings. The monoisotopic (exact) mass is 387 g/mol. The second-order valence-electron chi connectivity index (χ2n) is 8.87. The first-order valence-corrected chi connectivity index (χ1v) is 10.6. The van der Waals surface area contributed by atoms with Crippen molar-refractivity contribution in [2.45, 2.75) is 43.8 Å². The summed E-state index contributed by atoms with van der Waals surface area (Å²) in [5, 5.41) is 18.0. The van der Waals surface area contributed by atoms with E-state index in [1.54, 1.807) is 0 Å². The number of piperazine rings is 1. The molecule has 148 valence electrons. The van der Waals surface area contributed by atoms with Gasteiger partial charge in [-0.05, 0) is 37.8 Å². The predicted octanol–water partition coefficient (Wildman–Crippen LogP) is 2.69. The fourth-order valence-corrected chi connectivity index (χ4v) is 5.66. The maximum atomic E-state index is 9.14. The molecule has 0 aromatic carbocycles. The average Bonchev–Trinajstić information content (AvgIpc) is 3.37. The summed E-state index contributed by atoms with van der Waals surface area (Å²) in [7, 11) is 1.94. The van der Waals surface area contributed by atoms with Gasteiger partial charge in [0.2, 0.25) is 0 Å². The number of rotatable bonds is 3. The Morgan fingerprint density at radius 3 is 2.52 bits per heavy atom. The molecule has 0 radical (unpaired) electrons. The van der Waals surface area contributed by atoms with E-state index in [2.05, 4.69) is 44.4 Å². The molecule has 7 heteroatoms. The highest BCUT2D eigenvalue weighted by atomic mass is 15.4. The zero-order valence-electron chi connectivity index (χ0n) is 16.6. The van der Waals surface area contributed by atoms with Crippen LogP contribution in [0.15, 0.2) is 36.9 Å². The van der Waals surface area contributed by atoms with Gasteiger partial charge in [0, 0.05) is 73.9 Å². The molecule has 6 rings (SSSR count). The summed E-state index contributed by atoms with van der Waals surface area (Å²) in [5.41, 5.74) is 4.70. The Bertz CT molecular complexity index is 1090. The fourth-order valence-electron chi connectivity index (χ4n) is 5.66. The number of anilines is 1. The largest absolute Gasteiger partial charge is 0.367 e. The molecule has 0 N–H and O–H groups in total. The van der Waals surface area contributed by atoms with E-state index in [0.29, 0.717) is 18.1 Å². The number of hydrogen-bond acceptors (Lipinski definition) is 5. The van der Waals surface area contributed by atoms with Crippen LogP contribution >= 0.6 is 0 Å². The Morgan fingerprint density at radius 1 is 1.03 bits per heavy atom. The molecule has 1 aliphatic carbocycles. The van der Waals surface area contributed by atoms with E-state index in [9.17, 15) is 0 Å². The van der Waals surface area contributed by atoms with Crippen LogP contribution in [-0.2, 0) is 7.05 Å². The van der Waals surface area contributed by atoms with Crippen molar-refractivity contribution >= 4 is 11.2 Å². The minimum absolute atomic E-state index is 0.281. The van der Waals surface area contributed by atoms with Crippen LogP contribution in [-0.4, -0.2) is 55.5 Å². The van der Waals surface area contributed by atoms with E-state index in [1.165, 1.54) is 18.5 Å². The maximum Gasteiger partial charge on any atom is 0.0886 e. The van der Waals surface area contributed by atoms with Crippen molar-refractivity contribution in [3.63, 3.8) is 0 Å². The molecule has 3 aromatic heterocycles. The first-order chi connectivity index (χ1) is 14.2. The standard InChI is InChI=1S/C22H25N7/c1-26-11-17(10-25-26)16-8-22-21(4-5-24-28(22)12-16)27-13-18-2-3-19(14-27)29(18)20-6-15(7-20)9-23/h4-5,8,10-12,15,18-20H,2-3,6-7,13-14H2,1H3. The zero-order chi connectivity index (χ0) is 19.5. The third kappa shape index (κ3) is 2.66. The van der Waals surface area contributed by atoms with Crippen molar-refractivity contribution in [2.24, 2.45) is 13.0 Å². The minimum atomic E-state index is 0.281. The van der Waals surface area contributed by atoms with Crippen molar-refractivity contribution in [1.82, 2.24) is 24.3 Å². The van der Waals surface area contributed by atoms with Crippen molar-refractivity contribution in [3.05, 3.63) is 36.9 Å². The quantitative estimate of drug-likeness (QED) is 0.691. The lowest BCUT2D eigenvalue weighted by atomic mass is 9.79. The minimum Gasteiger partial charge on any atom is -0.367 e. The molecule has 2 saturated heterocycles. The number of fused-ring (bicyclic) bond motifs is 3. The molecule has 2 unspecified atom stereocenters. The Balaban J connectivity index is 1.28. The van der Waals surface area contributed by atoms with Gasteiger partial charge in [0.05, 0.1) is 23.5 Å². The predicted molar refractivity (Wildman–Crippen MR) is 110 cm³/mol. The molecular weight excluding hydrogens is 362 g/mol. The summed E-state index contributed by atoms with van der Waals surface area (Å²) < 4.78 is 3.83. The smallest absolute Gasteiger partial charge is 0.0886 e. The summed E-state index contributed by atoms with van der Waals surface area (Å²) in [6, 6.07) is 8.68. The van der Waals surface area contributed by atoms with Gasteiger partial charge in [-0.25, -0.2) is 4.52 Å². The van der Waals surface area contributed by atoms with Crippen molar-refractivity contribution in [1.29, 1.82) is 5.26 Å². The van der Waals surface area contributed by atoms with Crippen LogP contribution in [0.1, 0.15) is 25.7 Å². The van der Waals surface area contributed by atoms with E-state index in [0.717, 1.165) is 42.6 Å². The lowest BCUT2D eigenvalue weighted by Crippen LogP contribution is -2.60. The molecule has 5 heterocycles. The van der Waals surface area contributed by atoms with Crippen LogP contribution in [0.2, 0.25) is 0 Å². The number of hydrogen-bond donors (Lipinski definition) is 0. The van der Waals surface area contributed by atoms with Gasteiger partial charge in [-0.15, -0.1) is 0 Å². The number of aryl methyl sites for hydroxylation is 1. The van der Waals surface area contributed by atoms with E-state index in [1.807, 2.05) is 34.8 Å². The SMILES string of the molecule is Cn1cc(-c2cc3c(N4CC5CCC(C4)N5C4CC(C#N)C4)ccnn3c2)cn1. The van der Waals surface area contributed by atoms with Gasteiger partial charge in [-0.2, -0.15) is 15.5 Å². The molecule has 7 nitrogen and oxygen atoms in total. The summed E-state index contributed by atoms with van der Waals surface area (Å²) in [4.78, 5) is 5.31. The first-order valence-electron chi connectivity index (χ1n) is 10.6. The summed E-state index contributed by atoms with van der Waals surface area (Å²) >= 11 is 0. The number of nitrogens with zero attached hydrogens (tertiary/aromatic N) is 7. The topological polar surface area (TPSA) is 65.4 Å². The van der Waals surface area contributed by atoms with Crippen LogP contribution in [0.25, 0.3) is 16.6 Å². The van der Waals surface area contributed by atoms with Crippen molar-refractivity contribution < 1.29 is 0 Å². The van der Waals surface area contributed by atoms with Crippen LogP contribution in [0.4, 0.5) is 5.69 Å². The zero-order valence-corrected chi connectivity index (χ0v) is 16.6. The van der Waals surface area contributed by atoms with Gasteiger partial charge in [-0.1, -0.05) is 0 Å². The van der Waals surface area contributed by atoms with Crippen LogP contribution in [0.5, 0.6) is 0 Å². The third-order valence-corrected chi connectivity index (χ3v) is 7.12. The Hall–Kier alpha value is -2.85. The second kappa shape index (κ2) is 6.33. The summed E-state index contributed by atoms with van der Waals surface area (Å²) in [5.74, 6) is 0.281. The Morgan fingerprint density at radius 2 is 1.83 bits per heavy atom. The summed E-state index contributed by atoms with van der Waals surface area (Å²) in [6.45, 7) is 2.13. The molecule has 3 aromatic rings. The normalized spacial score (nSPS) is 29.2. The molecular formula is C22H25N7. The van der Waals surface area contributed by atoms with Crippen molar-refractivity contribution in [2.75, 3.05) is 18.0 Å². The number of aromatic nitrogens is 4. The molecule has 1 saturated carbocycles. The van der Waals surface area contributed by atoms with E-state index >= 15 is 0 Å². The van der Waals surface area contributed by atoms with Crippen molar-refractivity contribution in [3.8, 4) is 17.2 Å². The highest BCUT2D eigenvalue weighted by Crippen LogP contribution is 2.42. The number of nitriles is 1. The lowest BCUT2D eigenvalue weighted by molar-refractivity contribution is 0.0439. The molecule has 3 fully saturated rings. The van der Waals surface area contributed by atoms with E-state index in [-0.39, 0.29) is 5.92 Å². The maximum absolute atomic E-state index is 9.14. The second-order valence-corrected chi connectivity index (χ2v) is 8.87. The highest BCUT2D eigenvalue weighted by molar-refractivity contribution is 5.79. The van der Waals surface area contributed by atoms with Gasteiger partial charge >= 0.3 is 0 Å². The van der Waals surface area contributed by atoms with Gasteiger partial charge in [-0.3, -0.25) is 9.58 Å². The highest BCUT2D eigenvalue weighted by Gasteiger charge is 2.47. The lowest BCUT2D eigenvalue weighted by Gasteiger charge is -2.49. The third-order valence-electron chi connectivity index (χ3n) is 7.12. The van der Waals surface area contributed by atoms with Crippen LogP contribution in [0.3, 0.4) is 0 Å². The average molecular weight is 387 g/mol. The molecule has 0 amide bonds. The van der Waals surface area contributed by atoms with Gasteiger partial charge in [0.15, 0.2) is 0 Å². The summed E-state index contributed by atoms with van der Waals surface area (Å²) in [6.07, 6.45) is 12.6. The first kappa shape index (κ1) is 17.0. The van der Waals surface area contributed by atoms with Crippen LogP contribution in [0, 0.1) is 17.2 Å². The molecule has 29 heavy (non-hydrogen) atoms. The molecule has 2 bridgehead atoms. The van der Waals surface area contributed by atoms with E-state index < -0.39 is 0 Å². The molecule has 2 aliphatic heterocycles. The Labute approximate surface area is 170 Å². The Kier molecular flexibility index (Phi) is 3.72. The van der Waals surface area contributed by atoms with E-state index in [4.69, 9.17) is 5.26 Å². The van der Waals surface area contributed by atoms with Gasteiger partial charge in [0.1, 0.15) is 0 Å². The molecule has 2 atom stereocenters. The van der Waals surface area contributed by atoms with Gasteiger partial charge in [0.25, 0.3) is 0 Å².